The van der Waals surface area contributed by atoms with Crippen molar-refractivity contribution in [2.45, 2.75) is 25.3 Å². The van der Waals surface area contributed by atoms with Crippen LogP contribution in [0.5, 0.6) is 0 Å². The lowest BCUT2D eigenvalue weighted by Crippen LogP contribution is -2.46. The first-order chi connectivity index (χ1) is 11.5. The molecule has 0 saturated carbocycles. The molecular weight excluding hydrogens is 306 g/mol. The molecule has 0 radical (unpaired) electrons. The maximum atomic E-state index is 12.3. The number of nitrogens with one attached hydrogen (secondary N) is 1. The largest absolute Gasteiger partial charge is 0.384 e. The number of amides is 2. The van der Waals surface area contributed by atoms with E-state index < -0.39 is 0 Å². The van der Waals surface area contributed by atoms with Crippen LogP contribution in [0.25, 0.3) is 0 Å². The summed E-state index contributed by atoms with van der Waals surface area (Å²) >= 11 is 0. The van der Waals surface area contributed by atoms with Gasteiger partial charge in [0.2, 0.25) is 5.91 Å². The maximum absolute atomic E-state index is 12.3. The minimum atomic E-state index is -0.0514. The molecule has 1 aliphatic heterocycles. The zero-order valence-electron chi connectivity index (χ0n) is 14.7. The van der Waals surface area contributed by atoms with Crippen LogP contribution in [0, 0.1) is 0 Å². The second-order valence-corrected chi connectivity index (χ2v) is 6.31. The van der Waals surface area contributed by atoms with E-state index in [1.807, 2.05) is 48.2 Å². The fourth-order valence-electron chi connectivity index (χ4n) is 2.80. The number of benzene rings is 1. The number of carbonyl (C=O) groups excluding carboxylic acids is 2. The van der Waals surface area contributed by atoms with Gasteiger partial charge in [-0.1, -0.05) is 0 Å². The van der Waals surface area contributed by atoms with E-state index in [0.717, 1.165) is 18.5 Å². The van der Waals surface area contributed by atoms with Crippen molar-refractivity contribution in [3.63, 3.8) is 0 Å². The van der Waals surface area contributed by atoms with Crippen LogP contribution in [-0.2, 0) is 9.53 Å². The normalized spacial score (nSPS) is 15.2. The van der Waals surface area contributed by atoms with Crippen molar-refractivity contribution in [2.24, 2.45) is 0 Å². The maximum Gasteiger partial charge on any atom is 0.251 e. The van der Waals surface area contributed by atoms with Gasteiger partial charge < -0.3 is 19.9 Å². The number of likely N-dealkylation sites (tertiary alicyclic amines) is 1. The zero-order chi connectivity index (χ0) is 17.5. The molecule has 0 aromatic heterocycles. The first-order valence-electron chi connectivity index (χ1n) is 8.36. The van der Waals surface area contributed by atoms with Crippen LogP contribution in [0.15, 0.2) is 24.3 Å². The van der Waals surface area contributed by atoms with Gasteiger partial charge >= 0.3 is 0 Å². The Bertz CT molecular complexity index is 549. The van der Waals surface area contributed by atoms with Gasteiger partial charge in [-0.2, -0.15) is 0 Å². The summed E-state index contributed by atoms with van der Waals surface area (Å²) in [5.74, 6) is 0.0744. The Morgan fingerprint density at radius 2 is 1.83 bits per heavy atom. The third-order valence-corrected chi connectivity index (χ3v) is 4.35. The van der Waals surface area contributed by atoms with Crippen LogP contribution in [0.1, 0.15) is 29.6 Å². The Balaban J connectivity index is 1.80. The van der Waals surface area contributed by atoms with E-state index in [0.29, 0.717) is 31.7 Å². The highest BCUT2D eigenvalue weighted by Gasteiger charge is 2.23. The third kappa shape index (κ3) is 4.96. The Labute approximate surface area is 143 Å². The number of ether oxygens (including phenoxy) is 1. The molecule has 1 heterocycles. The summed E-state index contributed by atoms with van der Waals surface area (Å²) in [5.41, 5.74) is 1.73. The van der Waals surface area contributed by atoms with Crippen LogP contribution in [-0.4, -0.2) is 63.7 Å². The van der Waals surface area contributed by atoms with E-state index in [9.17, 15) is 9.59 Å². The number of methoxy groups -OCH3 is 1. The van der Waals surface area contributed by atoms with Gasteiger partial charge in [0.15, 0.2) is 0 Å². The van der Waals surface area contributed by atoms with Crippen molar-refractivity contribution in [2.75, 3.05) is 45.8 Å². The number of piperidine rings is 1. The zero-order valence-corrected chi connectivity index (χ0v) is 14.7. The first kappa shape index (κ1) is 18.3. The third-order valence-electron chi connectivity index (χ3n) is 4.35. The van der Waals surface area contributed by atoms with Gasteiger partial charge in [0, 0.05) is 51.6 Å². The number of nitrogens with zero attached hydrogens (tertiary/aromatic N) is 2. The molecule has 1 aliphatic rings. The predicted octanol–water partition coefficient (Wildman–Crippen LogP) is 1.51. The number of rotatable bonds is 6. The van der Waals surface area contributed by atoms with Crippen molar-refractivity contribution < 1.29 is 14.3 Å². The van der Waals surface area contributed by atoms with Gasteiger partial charge in [-0.3, -0.25) is 9.59 Å². The lowest BCUT2D eigenvalue weighted by molar-refractivity contribution is -0.133. The molecule has 0 unspecified atom stereocenters. The fourth-order valence-corrected chi connectivity index (χ4v) is 2.80. The van der Waals surface area contributed by atoms with Gasteiger partial charge in [0.25, 0.3) is 5.91 Å². The van der Waals surface area contributed by atoms with Crippen molar-refractivity contribution in [3.05, 3.63) is 29.8 Å². The molecule has 2 rings (SSSR count). The highest BCUT2D eigenvalue weighted by molar-refractivity contribution is 5.94. The van der Waals surface area contributed by atoms with Crippen LogP contribution >= 0.6 is 0 Å². The standard InChI is InChI=1S/C18H27N3O3/c1-20(2)16-6-4-14(5-7-16)18(23)19-15-8-11-21(12-9-15)17(22)10-13-24-3/h4-7,15H,8-13H2,1-3H3,(H,19,23). The summed E-state index contributed by atoms with van der Waals surface area (Å²) in [6.45, 7) is 1.83. The van der Waals surface area contributed by atoms with Crippen LogP contribution < -0.4 is 10.2 Å². The molecule has 0 bridgehead atoms. The van der Waals surface area contributed by atoms with Gasteiger partial charge in [0.1, 0.15) is 0 Å². The van der Waals surface area contributed by atoms with Crippen molar-refractivity contribution in [3.8, 4) is 0 Å². The van der Waals surface area contributed by atoms with Crippen LogP contribution in [0.2, 0.25) is 0 Å². The molecule has 1 fully saturated rings. The number of hydrogen-bond donors (Lipinski definition) is 1. The summed E-state index contributed by atoms with van der Waals surface area (Å²) in [6.07, 6.45) is 2.01. The molecule has 132 valence electrons. The average Bonchev–Trinajstić information content (AvgIpc) is 2.60. The second-order valence-electron chi connectivity index (χ2n) is 6.31. The molecule has 1 aromatic rings. The van der Waals surface area contributed by atoms with E-state index in [1.165, 1.54) is 0 Å². The highest BCUT2D eigenvalue weighted by Crippen LogP contribution is 2.15. The second kappa shape index (κ2) is 8.68. The Hall–Kier alpha value is -2.08. The van der Waals surface area contributed by atoms with Gasteiger partial charge in [-0.05, 0) is 37.1 Å². The summed E-state index contributed by atoms with van der Waals surface area (Å²) < 4.78 is 4.94. The van der Waals surface area contributed by atoms with Gasteiger partial charge in [0.05, 0.1) is 13.0 Å². The van der Waals surface area contributed by atoms with Crippen LogP contribution in [0.3, 0.4) is 0 Å². The molecule has 1 aromatic carbocycles. The minimum Gasteiger partial charge on any atom is -0.384 e. The Morgan fingerprint density at radius 1 is 1.21 bits per heavy atom. The molecule has 0 spiro atoms. The molecule has 24 heavy (non-hydrogen) atoms. The van der Waals surface area contributed by atoms with Gasteiger partial charge in [-0.15, -0.1) is 0 Å². The summed E-state index contributed by atoms with van der Waals surface area (Å²) in [7, 11) is 5.54. The summed E-state index contributed by atoms with van der Waals surface area (Å²) in [6, 6.07) is 7.68. The molecule has 0 aliphatic carbocycles. The van der Waals surface area contributed by atoms with Crippen LogP contribution in [0.4, 0.5) is 5.69 Å². The lowest BCUT2D eigenvalue weighted by Gasteiger charge is -2.32. The molecule has 0 atom stereocenters. The first-order valence-corrected chi connectivity index (χ1v) is 8.36. The molecule has 1 saturated heterocycles. The summed E-state index contributed by atoms with van der Waals surface area (Å²) in [4.78, 5) is 28.1. The topological polar surface area (TPSA) is 61.9 Å². The molecule has 2 amide bonds. The van der Waals surface area contributed by atoms with Gasteiger partial charge in [-0.25, -0.2) is 0 Å². The SMILES string of the molecule is COCCC(=O)N1CCC(NC(=O)c2ccc(N(C)C)cc2)CC1. The number of anilines is 1. The summed E-state index contributed by atoms with van der Waals surface area (Å²) in [5, 5.41) is 3.07. The van der Waals surface area contributed by atoms with E-state index in [4.69, 9.17) is 4.74 Å². The monoisotopic (exact) mass is 333 g/mol. The van der Waals surface area contributed by atoms with E-state index in [-0.39, 0.29) is 17.9 Å². The smallest absolute Gasteiger partial charge is 0.251 e. The van der Waals surface area contributed by atoms with E-state index in [2.05, 4.69) is 5.32 Å². The highest BCUT2D eigenvalue weighted by atomic mass is 16.5. The van der Waals surface area contributed by atoms with Crippen molar-refractivity contribution in [1.29, 1.82) is 0 Å². The number of carbonyl (C=O) groups is 2. The predicted molar refractivity (Wildman–Crippen MR) is 94.3 cm³/mol. The molecule has 6 nitrogen and oxygen atoms in total. The van der Waals surface area contributed by atoms with E-state index >= 15 is 0 Å². The van der Waals surface area contributed by atoms with E-state index in [1.54, 1.807) is 7.11 Å². The molecular formula is C18H27N3O3. The average molecular weight is 333 g/mol. The molecule has 1 N–H and O–H groups in total. The molecule has 6 heteroatoms. The Morgan fingerprint density at radius 3 is 2.38 bits per heavy atom. The fraction of sp³-hybridized carbons (Fsp3) is 0.556. The van der Waals surface area contributed by atoms with Crippen molar-refractivity contribution in [1.82, 2.24) is 10.2 Å². The minimum absolute atomic E-state index is 0.0514. The number of hydrogen-bond acceptors (Lipinski definition) is 4. The Kier molecular flexibility index (Phi) is 6.61. The lowest BCUT2D eigenvalue weighted by atomic mass is 10.0. The van der Waals surface area contributed by atoms with Crippen molar-refractivity contribution >= 4 is 17.5 Å². The quantitative estimate of drug-likeness (QED) is 0.857.